The van der Waals surface area contributed by atoms with Crippen molar-refractivity contribution in [3.63, 3.8) is 0 Å². The van der Waals surface area contributed by atoms with Gasteiger partial charge >= 0.3 is 0 Å². The average Bonchev–Trinajstić information content (AvgIpc) is 2.69. The Hall–Kier alpha value is -1.80. The van der Waals surface area contributed by atoms with Crippen molar-refractivity contribution in [3.8, 4) is 5.75 Å². The van der Waals surface area contributed by atoms with E-state index in [2.05, 4.69) is 5.32 Å². The lowest BCUT2D eigenvalue weighted by Crippen LogP contribution is -2.35. The van der Waals surface area contributed by atoms with Crippen LogP contribution in [0.25, 0.3) is 0 Å². The number of amides is 1. The topological polar surface area (TPSA) is 75.7 Å². The van der Waals surface area contributed by atoms with Gasteiger partial charge in [0.2, 0.25) is 10.0 Å². The SMILES string of the molecule is O=C(COc1ccc(S(=O)(=O)N2CCCCC2)cc1Cl)Nc1ccccc1Cl. The van der Waals surface area contributed by atoms with Gasteiger partial charge in [0.15, 0.2) is 6.61 Å². The molecule has 6 nitrogen and oxygen atoms in total. The number of carbonyl (C=O) groups is 1. The van der Waals surface area contributed by atoms with Crippen LogP contribution in [0.1, 0.15) is 19.3 Å². The lowest BCUT2D eigenvalue weighted by atomic mass is 10.2. The van der Waals surface area contributed by atoms with Crippen molar-refractivity contribution in [1.82, 2.24) is 4.31 Å². The van der Waals surface area contributed by atoms with Crippen LogP contribution in [0.4, 0.5) is 5.69 Å². The zero-order valence-corrected chi connectivity index (χ0v) is 17.4. The molecule has 2 aromatic carbocycles. The molecule has 1 fully saturated rings. The molecule has 1 amide bonds. The number of hydrogen-bond acceptors (Lipinski definition) is 4. The third-order valence-corrected chi connectivity index (χ3v) is 6.88. The Morgan fingerprint density at radius 1 is 1.04 bits per heavy atom. The van der Waals surface area contributed by atoms with Crippen LogP contribution in [-0.4, -0.2) is 38.3 Å². The van der Waals surface area contributed by atoms with Crippen molar-refractivity contribution in [2.75, 3.05) is 25.0 Å². The van der Waals surface area contributed by atoms with Crippen LogP contribution in [0.5, 0.6) is 5.75 Å². The van der Waals surface area contributed by atoms with E-state index in [1.165, 1.54) is 22.5 Å². The molecule has 1 heterocycles. The van der Waals surface area contributed by atoms with Crippen molar-refractivity contribution in [2.45, 2.75) is 24.2 Å². The van der Waals surface area contributed by atoms with Gasteiger partial charge in [-0.15, -0.1) is 0 Å². The van der Waals surface area contributed by atoms with Crippen molar-refractivity contribution in [2.24, 2.45) is 0 Å². The summed E-state index contributed by atoms with van der Waals surface area (Å²) in [5.41, 5.74) is 0.479. The lowest BCUT2D eigenvalue weighted by Gasteiger charge is -2.26. The van der Waals surface area contributed by atoms with Gasteiger partial charge in [0.1, 0.15) is 5.75 Å². The highest BCUT2D eigenvalue weighted by Crippen LogP contribution is 2.30. The molecule has 9 heteroatoms. The Balaban J connectivity index is 1.64. The number of piperidine rings is 1. The largest absolute Gasteiger partial charge is 0.482 e. The molecule has 0 spiro atoms. The van der Waals surface area contributed by atoms with E-state index < -0.39 is 15.9 Å². The fourth-order valence-corrected chi connectivity index (χ4v) is 4.93. The summed E-state index contributed by atoms with van der Waals surface area (Å²) in [7, 11) is -3.58. The molecule has 0 atom stereocenters. The third kappa shape index (κ3) is 4.97. The second-order valence-corrected chi connectivity index (χ2v) is 9.13. The summed E-state index contributed by atoms with van der Waals surface area (Å²) in [5.74, 6) is -0.178. The minimum Gasteiger partial charge on any atom is -0.482 e. The Bertz CT molecular complexity index is 960. The summed E-state index contributed by atoms with van der Waals surface area (Å²) in [6.07, 6.45) is 2.75. The lowest BCUT2D eigenvalue weighted by molar-refractivity contribution is -0.118. The fourth-order valence-electron chi connectivity index (χ4n) is 2.91. The van der Waals surface area contributed by atoms with Crippen LogP contribution in [0.15, 0.2) is 47.4 Å². The number of para-hydroxylation sites is 1. The molecule has 150 valence electrons. The van der Waals surface area contributed by atoms with Crippen LogP contribution in [-0.2, 0) is 14.8 Å². The van der Waals surface area contributed by atoms with Gasteiger partial charge in [-0.25, -0.2) is 8.42 Å². The van der Waals surface area contributed by atoms with Gasteiger partial charge in [-0.3, -0.25) is 4.79 Å². The number of rotatable bonds is 6. The summed E-state index contributed by atoms with van der Waals surface area (Å²) in [6, 6.07) is 11.1. The molecule has 0 bridgehead atoms. The molecule has 28 heavy (non-hydrogen) atoms. The number of benzene rings is 2. The van der Waals surface area contributed by atoms with E-state index in [9.17, 15) is 13.2 Å². The molecule has 1 aliphatic rings. The van der Waals surface area contributed by atoms with E-state index in [-0.39, 0.29) is 22.3 Å². The van der Waals surface area contributed by atoms with Gasteiger partial charge in [0, 0.05) is 13.1 Å². The maximum absolute atomic E-state index is 12.7. The van der Waals surface area contributed by atoms with Gasteiger partial charge in [-0.1, -0.05) is 41.8 Å². The van der Waals surface area contributed by atoms with Gasteiger partial charge in [-0.05, 0) is 43.2 Å². The number of ether oxygens (including phenoxy) is 1. The van der Waals surface area contributed by atoms with Crippen molar-refractivity contribution < 1.29 is 17.9 Å². The highest BCUT2D eigenvalue weighted by Gasteiger charge is 2.26. The maximum atomic E-state index is 12.7. The first-order valence-electron chi connectivity index (χ1n) is 8.85. The summed E-state index contributed by atoms with van der Waals surface area (Å²) in [4.78, 5) is 12.2. The number of halogens is 2. The van der Waals surface area contributed by atoms with E-state index in [1.54, 1.807) is 24.3 Å². The van der Waals surface area contributed by atoms with Crippen LogP contribution >= 0.6 is 23.2 Å². The molecule has 3 rings (SSSR count). The summed E-state index contributed by atoms with van der Waals surface area (Å²) >= 11 is 12.2. The van der Waals surface area contributed by atoms with Crippen LogP contribution in [0.2, 0.25) is 10.0 Å². The zero-order chi connectivity index (χ0) is 20.1. The standard InChI is InChI=1S/C19H20Cl2N2O4S/c20-15-6-2-3-7-17(15)22-19(24)13-27-18-9-8-14(12-16(18)21)28(25,26)23-10-4-1-5-11-23/h2-3,6-9,12H,1,4-5,10-11,13H2,(H,22,24). The van der Waals surface area contributed by atoms with E-state index in [4.69, 9.17) is 27.9 Å². The molecule has 0 aromatic heterocycles. The highest BCUT2D eigenvalue weighted by atomic mass is 35.5. The smallest absolute Gasteiger partial charge is 0.262 e. The summed E-state index contributed by atoms with van der Waals surface area (Å²) in [5, 5.41) is 3.18. The Labute approximate surface area is 174 Å². The molecule has 2 aromatic rings. The van der Waals surface area contributed by atoms with Crippen molar-refractivity contribution in [1.29, 1.82) is 0 Å². The van der Waals surface area contributed by atoms with Gasteiger partial charge in [0.05, 0.1) is 20.6 Å². The number of hydrogen-bond donors (Lipinski definition) is 1. The number of nitrogens with zero attached hydrogens (tertiary/aromatic N) is 1. The minimum absolute atomic E-state index is 0.118. The molecule has 1 aliphatic heterocycles. The molecule has 1 N–H and O–H groups in total. The molecular formula is C19H20Cl2N2O4S. The van der Waals surface area contributed by atoms with Gasteiger partial charge in [-0.2, -0.15) is 4.31 Å². The van der Waals surface area contributed by atoms with E-state index in [0.29, 0.717) is 23.8 Å². The molecule has 1 saturated heterocycles. The van der Waals surface area contributed by atoms with Crippen molar-refractivity contribution >= 4 is 44.8 Å². The maximum Gasteiger partial charge on any atom is 0.262 e. The van der Waals surface area contributed by atoms with Gasteiger partial charge in [0.25, 0.3) is 5.91 Å². The van der Waals surface area contributed by atoms with E-state index >= 15 is 0 Å². The van der Waals surface area contributed by atoms with Crippen molar-refractivity contribution in [3.05, 3.63) is 52.5 Å². The first kappa shape index (κ1) is 20.9. The Morgan fingerprint density at radius 3 is 2.43 bits per heavy atom. The van der Waals surface area contributed by atoms with Crippen LogP contribution in [0, 0.1) is 0 Å². The van der Waals surface area contributed by atoms with E-state index in [1.807, 2.05) is 0 Å². The molecular weight excluding hydrogens is 423 g/mol. The molecule has 0 unspecified atom stereocenters. The molecule has 0 saturated carbocycles. The fraction of sp³-hybridized carbons (Fsp3) is 0.316. The predicted molar refractivity (Wildman–Crippen MR) is 110 cm³/mol. The zero-order valence-electron chi connectivity index (χ0n) is 15.0. The first-order valence-corrected chi connectivity index (χ1v) is 11.0. The second-order valence-electron chi connectivity index (χ2n) is 6.37. The normalized spacial score (nSPS) is 15.2. The van der Waals surface area contributed by atoms with E-state index in [0.717, 1.165) is 19.3 Å². The predicted octanol–water partition coefficient (Wildman–Crippen LogP) is 4.19. The summed E-state index contributed by atoms with van der Waals surface area (Å²) < 4.78 is 32.3. The Morgan fingerprint density at radius 2 is 1.75 bits per heavy atom. The number of anilines is 1. The summed E-state index contributed by atoms with van der Waals surface area (Å²) in [6.45, 7) is 0.740. The second kappa shape index (κ2) is 9.13. The highest BCUT2D eigenvalue weighted by molar-refractivity contribution is 7.89. The molecule has 0 radical (unpaired) electrons. The first-order chi connectivity index (χ1) is 13.4. The third-order valence-electron chi connectivity index (χ3n) is 4.36. The average molecular weight is 443 g/mol. The molecule has 0 aliphatic carbocycles. The van der Waals surface area contributed by atoms with Crippen LogP contribution < -0.4 is 10.1 Å². The minimum atomic E-state index is -3.58. The van der Waals surface area contributed by atoms with Gasteiger partial charge < -0.3 is 10.1 Å². The Kier molecular flexibility index (Phi) is 6.82. The number of sulfonamides is 1. The number of nitrogens with one attached hydrogen (secondary N) is 1. The quantitative estimate of drug-likeness (QED) is 0.727. The monoisotopic (exact) mass is 442 g/mol. The number of carbonyl (C=O) groups excluding carboxylic acids is 1. The van der Waals surface area contributed by atoms with Crippen LogP contribution in [0.3, 0.4) is 0 Å².